The van der Waals surface area contributed by atoms with E-state index >= 15 is 0 Å². The van der Waals surface area contributed by atoms with E-state index < -0.39 is 0 Å². The normalized spacial score (nSPS) is 10.2. The first-order valence-corrected chi connectivity index (χ1v) is 36.7. The average Bonchev–Trinajstić information content (AvgIpc) is 4.63. The van der Waals surface area contributed by atoms with Crippen LogP contribution in [0.1, 0.15) is 255 Å². The van der Waals surface area contributed by atoms with Gasteiger partial charge in [0.1, 0.15) is 5.82 Å². The molecule has 0 bridgehead atoms. The fourth-order valence-electron chi connectivity index (χ4n) is 7.47. The number of rotatable bonds is 10. The summed E-state index contributed by atoms with van der Waals surface area (Å²) in [5, 5.41) is 2.83. The van der Waals surface area contributed by atoms with Gasteiger partial charge < -0.3 is 0 Å². The highest BCUT2D eigenvalue weighted by Gasteiger charge is 2.05. The molecule has 93 heavy (non-hydrogen) atoms. The number of benzene rings is 3. The maximum Gasteiger partial charge on any atom is 0.241 e. The Morgan fingerprint density at radius 3 is 1.19 bits per heavy atom. The number of hydrogen-bond acceptors (Lipinski definition) is 7. The predicted octanol–water partition coefficient (Wildman–Crippen LogP) is 29.5. The molecule has 12 heteroatoms. The van der Waals surface area contributed by atoms with Crippen LogP contribution in [-0.4, -0.2) is 9.97 Å². The first-order chi connectivity index (χ1) is 44.0. The fraction of sp³-hybridized carbons (Fsp3) is 0.383. The first-order valence-electron chi connectivity index (χ1n) is 32.2. The molecular formula is C81H105ClF2N4S5. The van der Waals surface area contributed by atoms with Crippen molar-refractivity contribution in [1.29, 1.82) is 0 Å². The molecule has 7 aromatic heterocycles. The molecule has 10 rings (SSSR count). The van der Waals surface area contributed by atoms with E-state index in [9.17, 15) is 8.78 Å². The third-order valence-corrected chi connectivity index (χ3v) is 19.8. The lowest BCUT2D eigenvalue weighted by Gasteiger charge is -2.03. The lowest BCUT2D eigenvalue weighted by Crippen LogP contribution is -1.88. The van der Waals surface area contributed by atoms with E-state index in [4.69, 9.17) is 24.7 Å². The number of nitrogens with zero attached hydrogens (tertiary/aromatic N) is 4. The summed E-state index contributed by atoms with van der Waals surface area (Å²) in [6.45, 7) is 58.7. The Bertz CT molecular complexity index is 3320. The van der Waals surface area contributed by atoms with Gasteiger partial charge in [0.05, 0.1) is 17.5 Å². The summed E-state index contributed by atoms with van der Waals surface area (Å²) in [5.41, 5.74) is 6.90. The molecule has 0 spiro atoms. The number of aromatic nitrogens is 2. The van der Waals surface area contributed by atoms with Crippen LogP contribution in [0.5, 0.6) is 0 Å². The summed E-state index contributed by atoms with van der Waals surface area (Å²) in [4.78, 5) is 23.1. The van der Waals surface area contributed by atoms with Crippen molar-refractivity contribution in [2.45, 2.75) is 205 Å². The van der Waals surface area contributed by atoms with Gasteiger partial charge in [-0.15, -0.1) is 45.3 Å². The summed E-state index contributed by atoms with van der Waals surface area (Å²) in [7, 11) is 0. The van der Waals surface area contributed by atoms with E-state index in [1.54, 1.807) is 41.0 Å². The summed E-state index contributed by atoms with van der Waals surface area (Å²) in [6.07, 6.45) is 5.53. The Morgan fingerprint density at radius 1 is 0.387 bits per heavy atom. The highest BCUT2D eigenvalue weighted by Crippen LogP contribution is 2.31. The monoisotopic (exact) mass is 1370 g/mol. The lowest BCUT2D eigenvalue weighted by atomic mass is 10.0. The molecule has 0 saturated carbocycles. The summed E-state index contributed by atoms with van der Waals surface area (Å²) in [6, 6.07) is 55.0. The Kier molecular flexibility index (Phi) is 43.9. The van der Waals surface area contributed by atoms with Crippen molar-refractivity contribution >= 4 is 79.0 Å². The minimum absolute atomic E-state index is 0.0845. The predicted molar refractivity (Wildman–Crippen MR) is 412 cm³/mol. The van der Waals surface area contributed by atoms with Crippen LogP contribution in [0.3, 0.4) is 0 Å². The Labute approximate surface area is 587 Å². The molecule has 0 aliphatic heterocycles. The first kappa shape index (κ1) is 84.6. The maximum atomic E-state index is 12.5. The lowest BCUT2D eigenvalue weighted by molar-refractivity contribution is 0.623. The number of pyridine rings is 2. The van der Waals surface area contributed by atoms with Crippen LogP contribution in [-0.2, 0) is 0 Å². The molecular weight excluding hydrogens is 1260 g/mol. The second-order valence-electron chi connectivity index (χ2n) is 24.8. The number of aryl methyl sites for hydroxylation is 1. The van der Waals surface area contributed by atoms with Crippen LogP contribution in [0.4, 0.5) is 19.5 Å². The standard InChI is InChI=1S/C10H11N.C9H11F.C9H12.C8H9NS.2C8H11N.C8H12S.C7H9ClS.C7H9FS.C7H10S/c1-8(2)9-5-4-6-10(7-9)11-3;1-7(2)8-4-3-5-9(10)6-8;1-8(2)9-6-4-3-5-7-9;1-6(2)7-4-5-8(9-3)10-7;1-7(2)8-4-3-5-9-6-8;1-7(2)8-5-3-4-6-9-8;1-6(2)8-5-4-7(3)9-8;2*1-5(2)6-3-4-7(8)9-6;1-6(2)7-4-3-5-8-7/h4-8H,1-2H3;3-7H,1-2H3;3-8H,1-2H3;4-6H,1-2H3;2*3-7H,1-2H3;4-6H,1-3H3;2*3-5H,1-2H3;3-6H,1-2H3. The van der Waals surface area contributed by atoms with E-state index in [0.29, 0.717) is 59.2 Å². The van der Waals surface area contributed by atoms with Gasteiger partial charge >= 0.3 is 0 Å². The van der Waals surface area contributed by atoms with E-state index in [0.717, 1.165) is 31.2 Å². The highest BCUT2D eigenvalue weighted by atomic mass is 35.5. The SMILES string of the molecule is CC(C)c1ccc(Cl)s1.CC(C)c1ccc(F)s1.CC(C)c1cccc(F)c1.CC(C)c1ccccc1.CC(C)c1ccccn1.CC(C)c1cccnc1.CC(C)c1cccs1.Cc1ccc(C(C)C)s1.[C-]#[N+]c1ccc(C(C)C)s1.[C-]#[N+]c1cccc(C(C)C)c1. The molecule has 0 unspecified atom stereocenters. The van der Waals surface area contributed by atoms with Gasteiger partial charge in [-0.25, -0.2) is 14.1 Å². The highest BCUT2D eigenvalue weighted by molar-refractivity contribution is 7.16. The average molecular weight is 1370 g/mol. The molecule has 0 fully saturated rings. The van der Waals surface area contributed by atoms with E-state index in [2.05, 4.69) is 237 Å². The molecule has 0 aliphatic rings. The zero-order valence-electron chi connectivity index (χ0n) is 59.2. The van der Waals surface area contributed by atoms with Gasteiger partial charge in [-0.3, -0.25) is 9.97 Å². The van der Waals surface area contributed by atoms with Crippen LogP contribution < -0.4 is 0 Å². The van der Waals surface area contributed by atoms with Gasteiger partial charge in [-0.1, -0.05) is 247 Å². The van der Waals surface area contributed by atoms with Gasteiger partial charge in [-0.2, -0.15) is 15.7 Å². The van der Waals surface area contributed by atoms with Crippen molar-refractivity contribution in [3.63, 3.8) is 0 Å². The second kappa shape index (κ2) is 48.3. The van der Waals surface area contributed by atoms with Gasteiger partial charge in [0, 0.05) is 48.7 Å². The molecule has 0 aliphatic carbocycles. The summed E-state index contributed by atoms with van der Waals surface area (Å²) in [5.74, 6) is 5.61. The maximum absolute atomic E-state index is 12.5. The third kappa shape index (κ3) is 38.5. The van der Waals surface area contributed by atoms with Crippen LogP contribution in [0, 0.1) is 31.0 Å². The fourth-order valence-corrected chi connectivity index (χ4v) is 11.7. The van der Waals surface area contributed by atoms with E-state index in [1.165, 1.54) is 64.5 Å². The van der Waals surface area contributed by atoms with Crippen LogP contribution in [0.25, 0.3) is 9.69 Å². The number of thiophene rings is 5. The minimum atomic E-state index is -0.147. The minimum Gasteiger partial charge on any atom is -0.264 e. The van der Waals surface area contributed by atoms with Gasteiger partial charge in [0.15, 0.2) is 10.8 Å². The summed E-state index contributed by atoms with van der Waals surface area (Å²) >= 11 is 13.9. The van der Waals surface area contributed by atoms with Gasteiger partial charge in [-0.05, 0) is 172 Å². The van der Waals surface area contributed by atoms with Gasteiger partial charge in [0.2, 0.25) is 5.00 Å². The van der Waals surface area contributed by atoms with E-state index in [1.807, 2.05) is 114 Å². The van der Waals surface area contributed by atoms with E-state index in [-0.39, 0.29) is 10.9 Å². The molecule has 500 valence electrons. The molecule has 0 atom stereocenters. The molecule has 3 aromatic carbocycles. The van der Waals surface area contributed by atoms with Crippen LogP contribution in [0.15, 0.2) is 194 Å². The van der Waals surface area contributed by atoms with Crippen molar-refractivity contribution in [2.75, 3.05) is 0 Å². The molecule has 10 aromatic rings. The smallest absolute Gasteiger partial charge is 0.241 e. The largest absolute Gasteiger partial charge is 0.264 e. The third-order valence-electron chi connectivity index (χ3n) is 13.3. The topological polar surface area (TPSA) is 34.5 Å². The van der Waals surface area contributed by atoms with Crippen molar-refractivity contribution in [3.8, 4) is 0 Å². The molecule has 7 heterocycles. The van der Waals surface area contributed by atoms with Crippen molar-refractivity contribution < 1.29 is 8.78 Å². The zero-order chi connectivity index (χ0) is 70.0. The molecule has 4 nitrogen and oxygen atoms in total. The Hall–Kier alpha value is -6.41. The number of hydrogen-bond donors (Lipinski definition) is 0. The van der Waals surface area contributed by atoms with Crippen LogP contribution >= 0.6 is 68.3 Å². The molecule has 0 N–H and O–H groups in total. The quantitative estimate of drug-likeness (QED) is 0.128. The zero-order valence-corrected chi connectivity index (χ0v) is 64.1. The van der Waals surface area contributed by atoms with Gasteiger partial charge in [0.25, 0.3) is 0 Å². The Balaban J connectivity index is 0.000000517. The molecule has 0 radical (unpaired) electrons. The van der Waals surface area contributed by atoms with Crippen molar-refractivity contribution in [2.24, 2.45) is 0 Å². The van der Waals surface area contributed by atoms with Crippen molar-refractivity contribution in [3.05, 3.63) is 289 Å². The number of halogens is 3. The Morgan fingerprint density at radius 2 is 0.882 bits per heavy atom. The molecule has 0 saturated heterocycles. The van der Waals surface area contributed by atoms with Crippen molar-refractivity contribution in [1.82, 2.24) is 9.97 Å². The molecule has 0 amide bonds. The second-order valence-corrected chi connectivity index (χ2v) is 31.0. The summed E-state index contributed by atoms with van der Waals surface area (Å²) < 4.78 is 25.7. The van der Waals surface area contributed by atoms with Crippen LogP contribution in [0.2, 0.25) is 4.34 Å².